The number of rotatable bonds is 6. The number of nitrogens with zero attached hydrogens (tertiary/aromatic N) is 1. The maximum Gasteiger partial charge on any atom is 0.263 e. The Morgan fingerprint density at radius 2 is 2.18 bits per heavy atom. The fourth-order valence-electron chi connectivity index (χ4n) is 3.83. The van der Waals surface area contributed by atoms with E-state index in [9.17, 15) is 9.59 Å². The minimum absolute atomic E-state index is 0.0539. The van der Waals surface area contributed by atoms with E-state index in [0.717, 1.165) is 35.9 Å². The zero-order chi connectivity index (χ0) is 19.5. The van der Waals surface area contributed by atoms with Crippen molar-refractivity contribution >= 4 is 16.8 Å². The molecule has 6 nitrogen and oxygen atoms in total. The molecule has 2 N–H and O–H groups in total. The van der Waals surface area contributed by atoms with Gasteiger partial charge in [-0.1, -0.05) is 18.2 Å². The first kappa shape index (κ1) is 18.5. The van der Waals surface area contributed by atoms with Gasteiger partial charge in [0.15, 0.2) is 0 Å². The summed E-state index contributed by atoms with van der Waals surface area (Å²) in [6, 6.07) is 9.91. The summed E-state index contributed by atoms with van der Waals surface area (Å²) in [6.45, 7) is 3.51. The number of nitrogens with one attached hydrogen (secondary N) is 2. The number of amides is 1. The average Bonchev–Trinajstić information content (AvgIpc) is 3.34. The third-order valence-corrected chi connectivity index (χ3v) is 5.38. The van der Waals surface area contributed by atoms with Gasteiger partial charge >= 0.3 is 0 Å². The van der Waals surface area contributed by atoms with Crippen LogP contribution in [-0.4, -0.2) is 34.7 Å². The van der Waals surface area contributed by atoms with Crippen LogP contribution < -0.4 is 10.9 Å². The third kappa shape index (κ3) is 3.73. The molecule has 0 radical (unpaired) electrons. The van der Waals surface area contributed by atoms with Crippen molar-refractivity contribution in [3.8, 4) is 0 Å². The van der Waals surface area contributed by atoms with E-state index >= 15 is 0 Å². The predicted molar refractivity (Wildman–Crippen MR) is 109 cm³/mol. The van der Waals surface area contributed by atoms with Crippen molar-refractivity contribution in [1.82, 2.24) is 14.9 Å². The second-order valence-electron chi connectivity index (χ2n) is 7.33. The predicted octanol–water partition coefficient (Wildman–Crippen LogP) is 2.79. The molecule has 2 aromatic heterocycles. The number of aromatic amines is 1. The zero-order valence-corrected chi connectivity index (χ0v) is 16.0. The zero-order valence-electron chi connectivity index (χ0n) is 16.0. The van der Waals surface area contributed by atoms with Gasteiger partial charge < -0.3 is 19.6 Å². The van der Waals surface area contributed by atoms with Gasteiger partial charge in [-0.3, -0.25) is 9.59 Å². The van der Waals surface area contributed by atoms with Gasteiger partial charge in [0.1, 0.15) is 5.56 Å². The van der Waals surface area contributed by atoms with Crippen molar-refractivity contribution in [3.05, 3.63) is 69.8 Å². The number of H-pyrrole nitrogens is 1. The van der Waals surface area contributed by atoms with Gasteiger partial charge in [-0.25, -0.2) is 0 Å². The van der Waals surface area contributed by atoms with Gasteiger partial charge in [0.05, 0.1) is 12.6 Å². The second kappa shape index (κ2) is 8.02. The molecule has 6 heteroatoms. The Morgan fingerprint density at radius 1 is 1.32 bits per heavy atom. The lowest BCUT2D eigenvalue weighted by atomic mass is 10.1. The van der Waals surface area contributed by atoms with E-state index in [1.54, 1.807) is 17.7 Å². The van der Waals surface area contributed by atoms with E-state index in [0.29, 0.717) is 25.1 Å². The topological polar surface area (TPSA) is 76.1 Å². The molecule has 1 aliphatic rings. The van der Waals surface area contributed by atoms with Crippen LogP contribution in [0.5, 0.6) is 0 Å². The summed E-state index contributed by atoms with van der Waals surface area (Å²) in [4.78, 5) is 28.8. The smallest absolute Gasteiger partial charge is 0.263 e. The first-order valence-electron chi connectivity index (χ1n) is 9.78. The molecule has 28 heavy (non-hydrogen) atoms. The van der Waals surface area contributed by atoms with Gasteiger partial charge in [0.2, 0.25) is 0 Å². The highest BCUT2D eigenvalue weighted by atomic mass is 16.5. The Bertz CT molecular complexity index is 1040. The summed E-state index contributed by atoms with van der Waals surface area (Å²) in [6.07, 6.45) is 6.45. The van der Waals surface area contributed by atoms with E-state index < -0.39 is 0 Å². The Hall–Kier alpha value is -2.86. The van der Waals surface area contributed by atoms with Crippen LogP contribution in [0.4, 0.5) is 0 Å². The van der Waals surface area contributed by atoms with Gasteiger partial charge in [-0.05, 0) is 49.4 Å². The van der Waals surface area contributed by atoms with Crippen LogP contribution in [0.2, 0.25) is 0 Å². The van der Waals surface area contributed by atoms with E-state index in [1.165, 1.54) is 0 Å². The van der Waals surface area contributed by atoms with Crippen molar-refractivity contribution in [2.45, 2.75) is 38.8 Å². The van der Waals surface area contributed by atoms with E-state index in [1.807, 2.05) is 30.5 Å². The molecule has 1 aromatic carbocycles. The Labute approximate surface area is 163 Å². The van der Waals surface area contributed by atoms with Gasteiger partial charge in [0.25, 0.3) is 11.5 Å². The molecule has 0 aliphatic carbocycles. The fraction of sp³-hybridized carbons (Fsp3) is 0.364. The molecule has 4 rings (SSSR count). The first-order valence-corrected chi connectivity index (χ1v) is 9.78. The second-order valence-corrected chi connectivity index (χ2v) is 7.33. The number of carbonyl (C=O) groups is 1. The molecule has 1 atom stereocenters. The molecule has 3 heterocycles. The monoisotopic (exact) mass is 379 g/mol. The normalized spacial score (nSPS) is 16.5. The van der Waals surface area contributed by atoms with Crippen molar-refractivity contribution in [2.24, 2.45) is 0 Å². The molecule has 1 amide bonds. The lowest BCUT2D eigenvalue weighted by Gasteiger charge is -2.14. The summed E-state index contributed by atoms with van der Waals surface area (Å²) < 4.78 is 7.22. The summed E-state index contributed by atoms with van der Waals surface area (Å²) in [5.41, 5.74) is 2.90. The molecule has 1 aliphatic heterocycles. The number of fused-ring (bicyclic) bond motifs is 1. The minimum atomic E-state index is -0.316. The van der Waals surface area contributed by atoms with Crippen molar-refractivity contribution in [3.63, 3.8) is 0 Å². The van der Waals surface area contributed by atoms with Crippen LogP contribution in [-0.2, 0) is 17.7 Å². The quantitative estimate of drug-likeness (QED) is 0.691. The molecule has 1 fully saturated rings. The van der Waals surface area contributed by atoms with Crippen LogP contribution in [0.25, 0.3) is 10.9 Å². The SMILES string of the molecule is Cc1ccn(CC2CCCO2)c(=O)c1C(=O)NCCc1c[nH]c2ccccc12. The Kier molecular flexibility index (Phi) is 5.30. The van der Waals surface area contributed by atoms with Gasteiger partial charge in [-0.15, -0.1) is 0 Å². The number of carbonyl (C=O) groups excluding carboxylic acids is 1. The largest absolute Gasteiger partial charge is 0.376 e. The molecule has 1 unspecified atom stereocenters. The number of para-hydroxylation sites is 1. The molecular weight excluding hydrogens is 354 g/mol. The minimum Gasteiger partial charge on any atom is -0.376 e. The number of aromatic nitrogens is 2. The number of benzene rings is 1. The first-order chi connectivity index (χ1) is 13.6. The van der Waals surface area contributed by atoms with Crippen molar-refractivity contribution in [1.29, 1.82) is 0 Å². The highest BCUT2D eigenvalue weighted by Gasteiger charge is 2.20. The maximum absolute atomic E-state index is 12.8. The molecule has 3 aromatic rings. The van der Waals surface area contributed by atoms with E-state index in [4.69, 9.17) is 4.74 Å². The Balaban J connectivity index is 1.44. The number of hydrogen-bond donors (Lipinski definition) is 2. The van der Waals surface area contributed by atoms with E-state index in [2.05, 4.69) is 16.4 Å². The molecule has 1 saturated heterocycles. The van der Waals surface area contributed by atoms with Crippen LogP contribution >= 0.6 is 0 Å². The summed E-state index contributed by atoms with van der Waals surface area (Å²) in [5, 5.41) is 4.07. The van der Waals surface area contributed by atoms with Crippen LogP contribution in [0.1, 0.15) is 34.3 Å². The summed E-state index contributed by atoms with van der Waals surface area (Å²) in [5.74, 6) is -0.316. The lowest BCUT2D eigenvalue weighted by molar-refractivity contribution is 0.0930. The maximum atomic E-state index is 12.8. The number of aryl methyl sites for hydroxylation is 1. The van der Waals surface area contributed by atoms with E-state index in [-0.39, 0.29) is 23.1 Å². The summed E-state index contributed by atoms with van der Waals surface area (Å²) in [7, 11) is 0. The van der Waals surface area contributed by atoms with Crippen molar-refractivity contribution < 1.29 is 9.53 Å². The van der Waals surface area contributed by atoms with Crippen molar-refractivity contribution in [2.75, 3.05) is 13.2 Å². The average molecular weight is 379 g/mol. The molecule has 0 spiro atoms. The highest BCUT2D eigenvalue weighted by molar-refractivity contribution is 5.95. The fourth-order valence-corrected chi connectivity index (χ4v) is 3.83. The lowest BCUT2D eigenvalue weighted by Crippen LogP contribution is -2.36. The van der Waals surface area contributed by atoms with Gasteiger partial charge in [0, 0.05) is 36.4 Å². The number of pyridine rings is 1. The number of hydrogen-bond acceptors (Lipinski definition) is 3. The molecular formula is C22H25N3O3. The molecule has 146 valence electrons. The number of ether oxygens (including phenoxy) is 1. The highest BCUT2D eigenvalue weighted by Crippen LogP contribution is 2.18. The van der Waals surface area contributed by atoms with Gasteiger partial charge in [-0.2, -0.15) is 0 Å². The van der Waals surface area contributed by atoms with Crippen LogP contribution in [0, 0.1) is 6.92 Å². The molecule has 0 bridgehead atoms. The van der Waals surface area contributed by atoms with Crippen LogP contribution in [0.15, 0.2) is 47.5 Å². The van der Waals surface area contributed by atoms with Crippen LogP contribution in [0.3, 0.4) is 0 Å². The summed E-state index contributed by atoms with van der Waals surface area (Å²) >= 11 is 0. The standard InChI is InChI=1S/C22H25N3O3/c1-15-9-11-25(14-17-5-4-12-28-17)22(27)20(15)21(26)23-10-8-16-13-24-19-7-3-2-6-18(16)19/h2-3,6-7,9,11,13,17,24H,4-5,8,10,12,14H2,1H3,(H,23,26). The molecule has 0 saturated carbocycles. The third-order valence-electron chi connectivity index (χ3n) is 5.38. The Morgan fingerprint density at radius 3 is 3.00 bits per heavy atom.